The van der Waals surface area contributed by atoms with E-state index in [0.29, 0.717) is 29.6 Å². The zero-order valence-electron chi connectivity index (χ0n) is 29.9. The average molecular weight is 735 g/mol. The van der Waals surface area contributed by atoms with Crippen molar-refractivity contribution in [3.8, 4) is 0 Å². The van der Waals surface area contributed by atoms with E-state index in [4.69, 9.17) is 23.7 Å². The Morgan fingerprint density at radius 2 is 1.45 bits per heavy atom. The molecular formula is C39H42O14. The molecule has 3 heterocycles. The third kappa shape index (κ3) is 3.71. The minimum atomic E-state index is -2.51. The lowest BCUT2D eigenvalue weighted by atomic mass is 9.42. The fourth-order valence-corrected chi connectivity index (χ4v) is 13.2. The Bertz CT molecular complexity index is 2020. The maximum atomic E-state index is 14.4. The molecule has 282 valence electrons. The van der Waals surface area contributed by atoms with Crippen LogP contribution in [0.3, 0.4) is 0 Å². The van der Waals surface area contributed by atoms with Crippen LogP contribution in [0.2, 0.25) is 0 Å². The van der Waals surface area contributed by atoms with Crippen molar-refractivity contribution in [1.82, 2.24) is 0 Å². The molecule has 0 amide bonds. The van der Waals surface area contributed by atoms with Crippen LogP contribution in [0, 0.1) is 46.3 Å². The van der Waals surface area contributed by atoms with E-state index in [1.807, 2.05) is 6.92 Å². The van der Waals surface area contributed by atoms with Gasteiger partial charge >= 0.3 is 29.8 Å². The van der Waals surface area contributed by atoms with Crippen molar-refractivity contribution >= 4 is 29.8 Å². The second-order valence-electron chi connectivity index (χ2n) is 17.7. The molecular weight excluding hydrogens is 692 g/mol. The standard InChI is InChI=1S/C39H42O14/c1-15-7-27(42)51-14-37(47)22-8-19(22)34(3)23(37)10-18-17(13-50-26(41)6-5-25(40)49-12-15)32(44)52-38(18)24(34)11-36(46)21-9-20(21)35(4)30(36)29(38)28-16(2)31(43)53-39(28,48)33(35)45/h7,19-24,33,45-48H,5-6,8-14H2,1-4H3/b15-7-/t19-,20-,21+,22+,23-,24+,33-,34-,35+,36+,37+,38+,39+/m1/s1. The van der Waals surface area contributed by atoms with Crippen LogP contribution < -0.4 is 0 Å². The van der Waals surface area contributed by atoms with E-state index in [2.05, 4.69) is 0 Å². The Morgan fingerprint density at radius 1 is 0.774 bits per heavy atom. The van der Waals surface area contributed by atoms with Gasteiger partial charge in [0.25, 0.3) is 5.79 Å². The first kappa shape index (κ1) is 33.7. The van der Waals surface area contributed by atoms with E-state index < -0.39 is 87.8 Å². The lowest BCUT2D eigenvalue weighted by molar-refractivity contribution is -0.244. The Morgan fingerprint density at radius 3 is 2.17 bits per heavy atom. The molecule has 7 aliphatic carbocycles. The fourth-order valence-electron chi connectivity index (χ4n) is 13.2. The normalized spacial score (nSPS) is 51.7. The summed E-state index contributed by atoms with van der Waals surface area (Å²) >= 11 is 0. The molecule has 0 aromatic carbocycles. The van der Waals surface area contributed by atoms with E-state index in [0.717, 1.165) is 0 Å². The van der Waals surface area contributed by atoms with Gasteiger partial charge in [-0.05, 0) is 85.3 Å². The molecule has 14 heteroatoms. The second kappa shape index (κ2) is 9.87. The number of hydrogen-bond acceptors (Lipinski definition) is 14. The number of carbonyl (C=O) groups is 5. The molecule has 5 saturated carbocycles. The summed E-state index contributed by atoms with van der Waals surface area (Å²) < 4.78 is 28.8. The smallest absolute Gasteiger partial charge is 0.338 e. The van der Waals surface area contributed by atoms with Crippen molar-refractivity contribution in [3.63, 3.8) is 0 Å². The van der Waals surface area contributed by atoms with Gasteiger partial charge in [0.1, 0.15) is 31.5 Å². The summed E-state index contributed by atoms with van der Waals surface area (Å²) in [4.78, 5) is 66.2. The molecule has 53 heavy (non-hydrogen) atoms. The summed E-state index contributed by atoms with van der Waals surface area (Å²) in [6.45, 7) is 5.75. The van der Waals surface area contributed by atoms with Crippen molar-refractivity contribution in [1.29, 1.82) is 0 Å². The third-order valence-corrected chi connectivity index (χ3v) is 15.5. The van der Waals surface area contributed by atoms with Gasteiger partial charge < -0.3 is 44.1 Å². The van der Waals surface area contributed by atoms with Crippen LogP contribution in [0.4, 0.5) is 0 Å². The number of cyclic esters (lactones) is 3. The Hall–Kier alpha value is -3.85. The first-order chi connectivity index (χ1) is 24.9. The van der Waals surface area contributed by atoms with Crippen LogP contribution in [-0.4, -0.2) is 98.8 Å². The highest BCUT2D eigenvalue weighted by Crippen LogP contribution is 2.84. The average Bonchev–Trinajstić information content (AvgIpc) is 4.01. The number of esters is 5. The molecule has 0 aromatic heterocycles. The molecule has 10 rings (SSSR count). The first-order valence-electron chi connectivity index (χ1n) is 18.5. The van der Waals surface area contributed by atoms with E-state index >= 15 is 0 Å². The van der Waals surface area contributed by atoms with Gasteiger partial charge in [0.05, 0.1) is 24.0 Å². The van der Waals surface area contributed by atoms with Crippen molar-refractivity contribution in [2.45, 2.75) is 94.9 Å². The number of aliphatic hydroxyl groups excluding tert-OH is 1. The molecule has 5 fully saturated rings. The number of fused-ring (bicyclic) bond motifs is 9. The van der Waals surface area contributed by atoms with E-state index in [-0.39, 0.29) is 84.9 Å². The maximum absolute atomic E-state index is 14.4. The van der Waals surface area contributed by atoms with Crippen LogP contribution in [-0.2, 0) is 47.7 Å². The van der Waals surface area contributed by atoms with Gasteiger partial charge in [-0.15, -0.1) is 0 Å². The van der Waals surface area contributed by atoms with Gasteiger partial charge in [-0.2, -0.15) is 0 Å². The minimum Gasteiger partial charge on any atom is -0.461 e. The number of rotatable bonds is 0. The molecule has 0 unspecified atom stereocenters. The van der Waals surface area contributed by atoms with Gasteiger partial charge in [-0.1, -0.05) is 13.8 Å². The zero-order chi connectivity index (χ0) is 37.6. The highest BCUT2D eigenvalue weighted by atomic mass is 16.7. The topological polar surface area (TPSA) is 212 Å². The van der Waals surface area contributed by atoms with E-state index in [1.54, 1.807) is 13.8 Å². The van der Waals surface area contributed by atoms with E-state index in [1.165, 1.54) is 13.0 Å². The van der Waals surface area contributed by atoms with Crippen molar-refractivity contribution in [3.05, 3.63) is 45.1 Å². The molecule has 3 aliphatic heterocycles. The lowest BCUT2D eigenvalue weighted by Gasteiger charge is -2.64. The number of carbonyl (C=O) groups excluding carboxylic acids is 5. The highest BCUT2D eigenvalue weighted by molar-refractivity contribution is 5.98. The minimum absolute atomic E-state index is 0.00686. The van der Waals surface area contributed by atoms with Crippen LogP contribution in [0.5, 0.6) is 0 Å². The SMILES string of the molecule is CC1=C2C3=C4[C@](C)([C@@H]5C[C@@H]5[C@@]4(O)C[C@@H]4[C@]35OC(=O)C3=C5C[C@H]5[C@](O)(COC(=O)/C=C(/C)COC(=O)CCC(=O)OC3)[C@H]3C[C@H]3[C@@]45C)[C@@H](O)[C@@]2(O)OC1=O. The summed E-state index contributed by atoms with van der Waals surface area (Å²) in [5.41, 5.74) is -5.48. The molecule has 13 atom stereocenters. The van der Waals surface area contributed by atoms with Crippen molar-refractivity contribution < 1.29 is 68.1 Å². The molecule has 0 saturated heterocycles. The number of hydrogen-bond donors (Lipinski definition) is 4. The lowest BCUT2D eigenvalue weighted by Crippen LogP contribution is -2.69. The van der Waals surface area contributed by atoms with Crippen LogP contribution in [0.15, 0.2) is 45.1 Å². The third-order valence-electron chi connectivity index (χ3n) is 15.5. The predicted octanol–water partition coefficient (Wildman–Crippen LogP) is 0.995. The Labute approximate surface area is 303 Å². The van der Waals surface area contributed by atoms with Crippen LogP contribution in [0.1, 0.15) is 66.2 Å². The first-order valence-corrected chi connectivity index (χ1v) is 18.5. The number of ether oxygens (including phenoxy) is 5. The molecule has 0 radical (unpaired) electrons. The summed E-state index contributed by atoms with van der Waals surface area (Å²) in [7, 11) is 0. The monoisotopic (exact) mass is 734 g/mol. The van der Waals surface area contributed by atoms with Crippen LogP contribution >= 0.6 is 0 Å². The van der Waals surface area contributed by atoms with Crippen molar-refractivity contribution in [2.24, 2.45) is 46.3 Å². The Kier molecular flexibility index (Phi) is 6.27. The molecule has 14 nitrogen and oxygen atoms in total. The molecule has 1 spiro atoms. The van der Waals surface area contributed by atoms with Crippen molar-refractivity contribution in [2.75, 3.05) is 19.8 Å². The largest absolute Gasteiger partial charge is 0.461 e. The van der Waals surface area contributed by atoms with Gasteiger partial charge in [-0.25, -0.2) is 14.4 Å². The summed E-state index contributed by atoms with van der Waals surface area (Å²) in [5.74, 6) is -8.74. The zero-order valence-corrected chi connectivity index (χ0v) is 29.9. The molecule has 0 aromatic rings. The van der Waals surface area contributed by atoms with Gasteiger partial charge in [0, 0.05) is 40.0 Å². The fraction of sp³-hybridized carbons (Fsp3) is 0.667. The predicted molar refractivity (Wildman–Crippen MR) is 174 cm³/mol. The highest BCUT2D eigenvalue weighted by Gasteiger charge is 2.87. The van der Waals surface area contributed by atoms with Crippen LogP contribution in [0.25, 0.3) is 0 Å². The van der Waals surface area contributed by atoms with E-state index in [9.17, 15) is 44.4 Å². The quantitative estimate of drug-likeness (QED) is 0.202. The maximum Gasteiger partial charge on any atom is 0.338 e. The van der Waals surface area contributed by atoms with Gasteiger partial charge in [0.2, 0.25) is 0 Å². The van der Waals surface area contributed by atoms with Gasteiger partial charge in [0.15, 0.2) is 5.60 Å². The summed E-state index contributed by atoms with van der Waals surface area (Å²) in [5, 5.41) is 50.2. The second-order valence-corrected chi connectivity index (χ2v) is 17.7. The molecule has 2 bridgehead atoms. The Balaban J connectivity index is 1.21. The molecule has 4 N–H and O–H groups in total. The van der Waals surface area contributed by atoms with Gasteiger partial charge in [-0.3, -0.25) is 9.59 Å². The summed E-state index contributed by atoms with van der Waals surface area (Å²) in [6.07, 6.45) is 0.162. The number of aliphatic hydroxyl groups is 4. The molecule has 10 aliphatic rings. The summed E-state index contributed by atoms with van der Waals surface area (Å²) in [6, 6.07) is 0.